The van der Waals surface area contributed by atoms with Gasteiger partial charge in [-0.3, -0.25) is 14.4 Å². The molecule has 0 spiro atoms. The van der Waals surface area contributed by atoms with Crippen LogP contribution in [0.2, 0.25) is 0 Å². The molecule has 0 aromatic heterocycles. The third-order valence-corrected chi connectivity index (χ3v) is 15.5. The maximum Gasteiger partial charge on any atom is 0.306 e. The summed E-state index contributed by atoms with van der Waals surface area (Å²) in [6.45, 7) is 6.49. The Kier molecular flexibility index (Phi) is 65.1. The maximum atomic E-state index is 12.9. The van der Waals surface area contributed by atoms with E-state index in [0.717, 1.165) is 109 Å². The van der Waals surface area contributed by atoms with Gasteiger partial charge in [-0.2, -0.15) is 0 Å². The molecule has 0 saturated heterocycles. The highest BCUT2D eigenvalue weighted by molar-refractivity contribution is 5.71. The van der Waals surface area contributed by atoms with Gasteiger partial charge in [0.05, 0.1) is 0 Å². The number of esters is 3. The van der Waals surface area contributed by atoms with E-state index < -0.39 is 6.10 Å². The van der Waals surface area contributed by atoms with Crippen LogP contribution in [-0.4, -0.2) is 37.2 Å². The van der Waals surface area contributed by atoms with Gasteiger partial charge in [-0.1, -0.05) is 332 Å². The van der Waals surface area contributed by atoms with Crippen molar-refractivity contribution in [2.24, 2.45) is 0 Å². The number of unbranched alkanes of at least 4 members (excludes halogenated alkanes) is 43. The van der Waals surface area contributed by atoms with Crippen molar-refractivity contribution >= 4 is 17.9 Å². The molecule has 0 aromatic carbocycles. The van der Waals surface area contributed by atoms with Crippen molar-refractivity contribution in [2.75, 3.05) is 13.2 Å². The smallest absolute Gasteiger partial charge is 0.306 e. The van der Waals surface area contributed by atoms with Crippen molar-refractivity contribution < 1.29 is 28.6 Å². The van der Waals surface area contributed by atoms with Crippen LogP contribution < -0.4 is 0 Å². The Morgan fingerprint density at radius 2 is 0.506 bits per heavy atom. The number of hydrogen-bond donors (Lipinski definition) is 0. The standard InChI is InChI=1S/C73H132O6/c1-4-7-10-13-16-19-22-25-27-28-29-30-31-32-33-34-35-36-37-38-39-40-41-42-43-44-45-46-49-51-54-57-60-63-66-72(75)78-69-70(68-77-71(74)65-62-59-56-53-50-47-24-21-18-15-12-9-6-3)79-73(76)67-64-61-58-55-52-48-26-23-20-17-14-11-8-5-2/h9,12,14,17-18,21,23,26,47,50,70H,4-8,10-11,13,15-16,19-20,22,24-25,27-46,48-49,51-69H2,1-3H3/b12-9-,17-14-,21-18-,26-23-,50-47-. The van der Waals surface area contributed by atoms with Gasteiger partial charge < -0.3 is 14.2 Å². The largest absolute Gasteiger partial charge is 0.462 e. The lowest BCUT2D eigenvalue weighted by Gasteiger charge is -2.18. The van der Waals surface area contributed by atoms with E-state index in [1.54, 1.807) is 0 Å². The van der Waals surface area contributed by atoms with Crippen LogP contribution in [0.3, 0.4) is 0 Å². The molecule has 1 unspecified atom stereocenters. The Labute approximate surface area is 491 Å². The van der Waals surface area contributed by atoms with Crippen LogP contribution in [-0.2, 0) is 28.6 Å². The molecular formula is C73H132O6. The molecule has 0 aromatic rings. The lowest BCUT2D eigenvalue weighted by Crippen LogP contribution is -2.30. The number of carbonyl (C=O) groups excluding carboxylic acids is 3. The summed E-state index contributed by atoms with van der Waals surface area (Å²) in [6.07, 6.45) is 87.1. The summed E-state index contributed by atoms with van der Waals surface area (Å²) in [6, 6.07) is 0. The first kappa shape index (κ1) is 76.1. The predicted molar refractivity (Wildman–Crippen MR) is 344 cm³/mol. The molecule has 0 fully saturated rings. The van der Waals surface area contributed by atoms with E-state index in [-0.39, 0.29) is 31.1 Å². The van der Waals surface area contributed by atoms with Crippen molar-refractivity contribution in [1.29, 1.82) is 0 Å². The predicted octanol–water partition coefficient (Wildman–Crippen LogP) is 23.9. The van der Waals surface area contributed by atoms with E-state index >= 15 is 0 Å². The Bertz CT molecular complexity index is 1410. The fourth-order valence-corrected chi connectivity index (χ4v) is 10.3. The van der Waals surface area contributed by atoms with Crippen molar-refractivity contribution in [3.63, 3.8) is 0 Å². The second-order valence-electron chi connectivity index (χ2n) is 23.4. The minimum absolute atomic E-state index is 0.0868. The Morgan fingerprint density at radius 1 is 0.266 bits per heavy atom. The molecule has 0 bridgehead atoms. The highest BCUT2D eigenvalue weighted by Gasteiger charge is 2.19. The molecule has 460 valence electrons. The zero-order valence-corrected chi connectivity index (χ0v) is 52.9. The van der Waals surface area contributed by atoms with Gasteiger partial charge in [-0.15, -0.1) is 0 Å². The fraction of sp³-hybridized carbons (Fsp3) is 0.822. The van der Waals surface area contributed by atoms with E-state index in [0.29, 0.717) is 19.3 Å². The minimum Gasteiger partial charge on any atom is -0.462 e. The zero-order chi connectivity index (χ0) is 57.1. The molecule has 0 rings (SSSR count). The fourth-order valence-electron chi connectivity index (χ4n) is 10.3. The van der Waals surface area contributed by atoms with Crippen LogP contribution in [0.4, 0.5) is 0 Å². The molecule has 0 amide bonds. The van der Waals surface area contributed by atoms with Crippen molar-refractivity contribution in [3.05, 3.63) is 60.8 Å². The molecule has 0 aliphatic carbocycles. The van der Waals surface area contributed by atoms with Crippen LogP contribution in [0.1, 0.15) is 367 Å². The number of hydrogen-bond acceptors (Lipinski definition) is 6. The zero-order valence-electron chi connectivity index (χ0n) is 52.9. The van der Waals surface area contributed by atoms with Gasteiger partial charge in [-0.05, 0) is 77.0 Å². The lowest BCUT2D eigenvalue weighted by atomic mass is 10.0. The molecule has 0 saturated carbocycles. The van der Waals surface area contributed by atoms with Gasteiger partial charge >= 0.3 is 17.9 Å². The summed E-state index contributed by atoms with van der Waals surface area (Å²) in [4.78, 5) is 38.2. The Hall–Kier alpha value is -2.89. The average molecular weight is 1110 g/mol. The third kappa shape index (κ3) is 65.8. The molecule has 0 aliphatic heterocycles. The molecule has 0 N–H and O–H groups in total. The van der Waals surface area contributed by atoms with Crippen molar-refractivity contribution in [3.8, 4) is 0 Å². The highest BCUT2D eigenvalue weighted by atomic mass is 16.6. The maximum absolute atomic E-state index is 12.9. The van der Waals surface area contributed by atoms with Gasteiger partial charge in [0, 0.05) is 19.3 Å². The van der Waals surface area contributed by atoms with Crippen molar-refractivity contribution in [2.45, 2.75) is 374 Å². The second kappa shape index (κ2) is 67.6. The summed E-state index contributed by atoms with van der Waals surface area (Å²) in [5, 5.41) is 0. The molecule has 0 aliphatic rings. The number of ether oxygens (including phenoxy) is 3. The number of allylic oxidation sites excluding steroid dienone is 10. The first-order chi connectivity index (χ1) is 39.0. The van der Waals surface area contributed by atoms with Crippen LogP contribution in [0, 0.1) is 0 Å². The van der Waals surface area contributed by atoms with E-state index in [1.807, 2.05) is 0 Å². The number of carbonyl (C=O) groups is 3. The highest BCUT2D eigenvalue weighted by Crippen LogP contribution is 2.18. The van der Waals surface area contributed by atoms with Gasteiger partial charge in [-0.25, -0.2) is 0 Å². The molecule has 6 nitrogen and oxygen atoms in total. The SMILES string of the molecule is CC/C=C\C/C=C\C/C=C\CCCCCC(=O)OCC(COC(=O)CCCCCCCCCCCCCCCCCCCCCCCCCCCCCCCCCCCC)OC(=O)CCCCCCC/C=C\C/C=C\CCCC. The summed E-state index contributed by atoms with van der Waals surface area (Å²) in [5.41, 5.74) is 0. The monoisotopic (exact) mass is 1110 g/mol. The summed E-state index contributed by atoms with van der Waals surface area (Å²) >= 11 is 0. The van der Waals surface area contributed by atoms with Gasteiger partial charge in [0.25, 0.3) is 0 Å². The van der Waals surface area contributed by atoms with E-state index in [4.69, 9.17) is 14.2 Å². The number of rotatable bonds is 64. The van der Waals surface area contributed by atoms with Gasteiger partial charge in [0.1, 0.15) is 13.2 Å². The van der Waals surface area contributed by atoms with E-state index in [2.05, 4.69) is 81.5 Å². The van der Waals surface area contributed by atoms with Gasteiger partial charge in [0.2, 0.25) is 0 Å². The average Bonchev–Trinajstić information content (AvgIpc) is 3.45. The minimum atomic E-state index is -0.793. The molecule has 1 atom stereocenters. The summed E-state index contributed by atoms with van der Waals surface area (Å²) in [7, 11) is 0. The molecular weight excluding hydrogens is 973 g/mol. The van der Waals surface area contributed by atoms with E-state index in [9.17, 15) is 14.4 Å². The summed E-state index contributed by atoms with van der Waals surface area (Å²) < 4.78 is 16.9. The summed E-state index contributed by atoms with van der Waals surface area (Å²) in [5.74, 6) is -0.915. The van der Waals surface area contributed by atoms with Crippen LogP contribution >= 0.6 is 0 Å². The van der Waals surface area contributed by atoms with Crippen LogP contribution in [0.25, 0.3) is 0 Å². The normalized spacial score (nSPS) is 12.4. The lowest BCUT2D eigenvalue weighted by molar-refractivity contribution is -0.167. The quantitative estimate of drug-likeness (QED) is 0.0261. The van der Waals surface area contributed by atoms with Crippen LogP contribution in [0.5, 0.6) is 0 Å². The molecule has 6 heteroatoms. The Morgan fingerprint density at radius 3 is 0.823 bits per heavy atom. The first-order valence-corrected chi connectivity index (χ1v) is 34.8. The first-order valence-electron chi connectivity index (χ1n) is 34.8. The third-order valence-electron chi connectivity index (χ3n) is 15.5. The van der Waals surface area contributed by atoms with E-state index in [1.165, 1.54) is 218 Å². The van der Waals surface area contributed by atoms with Crippen LogP contribution in [0.15, 0.2) is 60.8 Å². The molecule has 0 heterocycles. The van der Waals surface area contributed by atoms with Gasteiger partial charge in [0.15, 0.2) is 6.10 Å². The second-order valence-corrected chi connectivity index (χ2v) is 23.4. The van der Waals surface area contributed by atoms with Crippen molar-refractivity contribution in [1.82, 2.24) is 0 Å². The molecule has 79 heavy (non-hydrogen) atoms. The molecule has 0 radical (unpaired) electrons. The topological polar surface area (TPSA) is 78.9 Å². The Balaban J connectivity index is 4.06.